The number of hydrogen-bond acceptors (Lipinski definition) is 11. The Balaban J connectivity index is 0.789. The average Bonchev–Trinajstić information content (AvgIpc) is 3.80. The standard InChI is InChI=1S/C68H91N5O6/c1-79-65-36-59(50(32-63(65)77)28-52-40-73-66(69)33-48(52)20-19-45-13-8-12-44(26-45)18-17-43-10-4-2-5-11-43)54(42-74)31-57(76)35-56(75)30-51-37-68(38-60-58-23-25-70-39-53(58)27-49-16-9-24-71-67(49)60)55-29-47(51)21-22-61(68)62(34-55)72-41-64(78)46-14-6-3-7-15-46/h2,4-5,8-13,16,26,31-33,36,40,46-47,49,51,53,55,58,60-62,64,66-67,70-74,77-78H,3,6-7,14-15,17-25,27-30,34-35,37-39,41-42,69H2,1H3/b54-31+/t47-,49-,51-,53-,55-,58-,60-,61+,62-,64-,66?,67-,68+/m0/s1. The molecule has 0 aromatic heterocycles. The zero-order valence-electron chi connectivity index (χ0n) is 47.1. The summed E-state index contributed by atoms with van der Waals surface area (Å²) < 4.78 is 5.59. The van der Waals surface area contributed by atoms with E-state index in [1.54, 1.807) is 12.1 Å². The fraction of sp³-hybridized carbons (Fsp3) is 0.588. The number of carbonyl (C=O) groups is 2. The molecule has 3 heterocycles. The second-order valence-electron chi connectivity index (χ2n) is 25.8. The first-order valence-electron chi connectivity index (χ1n) is 30.9. The van der Waals surface area contributed by atoms with Crippen molar-refractivity contribution in [3.05, 3.63) is 136 Å². The lowest BCUT2D eigenvalue weighted by Gasteiger charge is -2.55. The number of allylic oxidation sites excluding steroid dienone is 3. The second kappa shape index (κ2) is 25.5. The Morgan fingerprint density at radius 3 is 2.51 bits per heavy atom. The molecular formula is C68H91N5O6. The minimum absolute atomic E-state index is 0.0195. The molecule has 13 atom stereocenters. The van der Waals surface area contributed by atoms with Crippen LogP contribution in [-0.4, -0.2) is 91.1 Å². The van der Waals surface area contributed by atoms with Crippen LogP contribution >= 0.6 is 0 Å². The van der Waals surface area contributed by atoms with Gasteiger partial charge in [0.2, 0.25) is 0 Å². The molecule has 9 N–H and O–H groups in total. The lowest BCUT2D eigenvalue weighted by Crippen LogP contribution is -2.58. The van der Waals surface area contributed by atoms with E-state index < -0.39 is 6.61 Å². The lowest BCUT2D eigenvalue weighted by atomic mass is 9.52. The molecule has 424 valence electrons. The number of dihydropyridines is 1. The number of Topliss-reactive ketones (excluding diaryl/α,β-unsaturated/α-hetero) is 1. The second-order valence-corrected chi connectivity index (χ2v) is 25.8. The van der Waals surface area contributed by atoms with Crippen molar-refractivity contribution in [3.8, 4) is 11.5 Å². The highest BCUT2D eigenvalue weighted by Gasteiger charge is 2.62. The molecule has 7 fully saturated rings. The number of methoxy groups -OCH3 is 1. The van der Waals surface area contributed by atoms with Crippen molar-refractivity contribution in [3.63, 3.8) is 0 Å². The maximum atomic E-state index is 14.5. The number of benzene rings is 3. The van der Waals surface area contributed by atoms with E-state index in [4.69, 9.17) is 10.5 Å². The van der Waals surface area contributed by atoms with E-state index in [9.17, 15) is 24.9 Å². The summed E-state index contributed by atoms with van der Waals surface area (Å²) in [5, 5.41) is 48.9. The number of carbonyl (C=O) groups excluding carboxylic acids is 2. The van der Waals surface area contributed by atoms with Gasteiger partial charge in [-0.15, -0.1) is 0 Å². The normalized spacial score (nSPS) is 31.7. The Morgan fingerprint density at radius 1 is 0.899 bits per heavy atom. The lowest BCUT2D eigenvalue weighted by molar-refractivity contribution is -0.126. The van der Waals surface area contributed by atoms with E-state index in [-0.39, 0.29) is 53.1 Å². The van der Waals surface area contributed by atoms with Gasteiger partial charge in [0, 0.05) is 37.8 Å². The van der Waals surface area contributed by atoms with Crippen LogP contribution in [0.4, 0.5) is 0 Å². The van der Waals surface area contributed by atoms with E-state index >= 15 is 0 Å². The van der Waals surface area contributed by atoms with Crippen molar-refractivity contribution in [2.24, 2.45) is 64.4 Å². The number of nitrogens with one attached hydrogen (secondary N) is 4. The van der Waals surface area contributed by atoms with Gasteiger partial charge in [0.1, 0.15) is 5.78 Å². The maximum absolute atomic E-state index is 14.5. The minimum atomic E-state index is -0.430. The molecule has 1 unspecified atom stereocenters. The van der Waals surface area contributed by atoms with E-state index in [1.165, 1.54) is 68.4 Å². The zero-order valence-corrected chi connectivity index (χ0v) is 47.1. The minimum Gasteiger partial charge on any atom is -0.504 e. The van der Waals surface area contributed by atoms with E-state index in [0.717, 1.165) is 107 Å². The molecule has 6 aliphatic carbocycles. The summed E-state index contributed by atoms with van der Waals surface area (Å²) in [6.45, 7) is 3.38. The Bertz CT molecular complexity index is 2730. The fourth-order valence-corrected chi connectivity index (χ4v) is 17.5. The van der Waals surface area contributed by atoms with Gasteiger partial charge in [-0.1, -0.05) is 86.0 Å². The number of aryl methyl sites for hydroxylation is 3. The van der Waals surface area contributed by atoms with Crippen LogP contribution in [0.3, 0.4) is 0 Å². The van der Waals surface area contributed by atoms with Crippen LogP contribution in [0.25, 0.3) is 5.57 Å². The molecular weight excluding hydrogens is 983 g/mol. The van der Waals surface area contributed by atoms with Crippen LogP contribution in [0.1, 0.15) is 131 Å². The third-order valence-electron chi connectivity index (χ3n) is 21.2. The number of fused-ring (bicyclic) bond motifs is 4. The highest BCUT2D eigenvalue weighted by molar-refractivity contribution is 6.07. The predicted octanol–water partition coefficient (Wildman–Crippen LogP) is 9.48. The van der Waals surface area contributed by atoms with Gasteiger partial charge in [-0.05, 0) is 237 Å². The summed E-state index contributed by atoms with van der Waals surface area (Å²) in [6, 6.07) is 23.6. The molecule has 12 rings (SSSR count). The summed E-state index contributed by atoms with van der Waals surface area (Å²) in [6.07, 6.45) is 29.1. The molecule has 9 aliphatic rings. The van der Waals surface area contributed by atoms with Gasteiger partial charge >= 0.3 is 0 Å². The molecule has 0 amide bonds. The molecule has 3 aliphatic heterocycles. The average molecular weight is 1070 g/mol. The molecule has 3 aromatic rings. The summed E-state index contributed by atoms with van der Waals surface area (Å²) >= 11 is 0. The molecule has 79 heavy (non-hydrogen) atoms. The number of ether oxygens (including phenoxy) is 1. The van der Waals surface area contributed by atoms with E-state index in [1.807, 2.05) is 6.20 Å². The number of piperidine rings is 1. The number of aliphatic hydroxyl groups is 2. The van der Waals surface area contributed by atoms with Crippen molar-refractivity contribution in [1.29, 1.82) is 0 Å². The fourth-order valence-electron chi connectivity index (χ4n) is 17.5. The summed E-state index contributed by atoms with van der Waals surface area (Å²) in [4.78, 5) is 28.8. The number of phenolic OH excluding ortho intramolecular Hbond substituents is 1. The molecule has 1 saturated heterocycles. The topological polar surface area (TPSA) is 178 Å². The molecule has 11 heteroatoms. The maximum Gasteiger partial charge on any atom is 0.163 e. The number of aliphatic hydroxyl groups excluding tert-OH is 2. The van der Waals surface area contributed by atoms with Gasteiger partial charge in [-0.2, -0.15) is 0 Å². The van der Waals surface area contributed by atoms with Crippen LogP contribution in [0.15, 0.2) is 108 Å². The highest BCUT2D eigenvalue weighted by Crippen LogP contribution is 2.67. The Hall–Kier alpha value is -4.88. The van der Waals surface area contributed by atoms with Crippen molar-refractivity contribution >= 4 is 17.1 Å². The molecule has 0 radical (unpaired) electrons. The molecule has 3 aromatic carbocycles. The highest BCUT2D eigenvalue weighted by atomic mass is 16.5. The predicted molar refractivity (Wildman–Crippen MR) is 314 cm³/mol. The summed E-state index contributed by atoms with van der Waals surface area (Å²) in [5.41, 5.74) is 14.2. The zero-order chi connectivity index (χ0) is 54.5. The monoisotopic (exact) mass is 1070 g/mol. The van der Waals surface area contributed by atoms with Gasteiger partial charge in [0.15, 0.2) is 17.3 Å². The number of ketones is 2. The first kappa shape index (κ1) is 56.0. The van der Waals surface area contributed by atoms with Gasteiger partial charge in [-0.25, -0.2) is 0 Å². The Kier molecular flexibility index (Phi) is 18.1. The molecule has 6 saturated carbocycles. The molecule has 4 bridgehead atoms. The third kappa shape index (κ3) is 12.8. The molecule has 11 nitrogen and oxygen atoms in total. The van der Waals surface area contributed by atoms with Gasteiger partial charge in [-0.3, -0.25) is 9.59 Å². The first-order chi connectivity index (χ1) is 38.5. The quantitative estimate of drug-likeness (QED) is 0.0273. The largest absolute Gasteiger partial charge is 0.504 e. The van der Waals surface area contributed by atoms with Gasteiger partial charge < -0.3 is 47.1 Å². The summed E-state index contributed by atoms with van der Waals surface area (Å²) in [7, 11) is 1.49. The van der Waals surface area contributed by atoms with E-state index in [0.29, 0.717) is 89.9 Å². The van der Waals surface area contributed by atoms with Crippen LogP contribution < -0.4 is 31.7 Å². The third-order valence-corrected chi connectivity index (χ3v) is 21.2. The van der Waals surface area contributed by atoms with Crippen molar-refractivity contribution in [2.75, 3.05) is 39.9 Å². The SMILES string of the molecule is COc1cc(/C(=C/C(=O)CC(=O)C[C@H]2C[C@@]3(C[C@H]4[C@H]5CCNC[C@@H]5C[C@@H]5C=CCN[C@H]45)[C@H]4C[C@@H]2CC[C@@H]3[C@@H](NC[C@H](O)C2CCCCC2)C4)CO)c(CC2=CNC(N)C=C2CCc2cccc(CCc3ccccc3)c2)cc1O. The number of phenols is 1. The van der Waals surface area contributed by atoms with Crippen LogP contribution in [0.2, 0.25) is 0 Å². The van der Waals surface area contributed by atoms with Crippen LogP contribution in [0, 0.1) is 58.7 Å². The number of nitrogens with two attached hydrogens (primary N) is 1. The van der Waals surface area contributed by atoms with Crippen LogP contribution in [0.5, 0.6) is 11.5 Å². The van der Waals surface area contributed by atoms with Crippen molar-refractivity contribution in [2.45, 2.75) is 153 Å². The molecule has 0 spiro atoms. The Morgan fingerprint density at radius 2 is 1.70 bits per heavy atom. The Labute approximate surface area is 470 Å². The van der Waals surface area contributed by atoms with Gasteiger partial charge in [0.05, 0.1) is 32.4 Å². The smallest absolute Gasteiger partial charge is 0.163 e. The van der Waals surface area contributed by atoms with Crippen LogP contribution in [-0.2, 0) is 35.3 Å². The van der Waals surface area contributed by atoms with E-state index in [2.05, 4.69) is 94.1 Å². The number of aromatic hydroxyl groups is 1. The van der Waals surface area contributed by atoms with Gasteiger partial charge in [0.25, 0.3) is 0 Å². The van der Waals surface area contributed by atoms with Crippen molar-refractivity contribution < 1.29 is 29.6 Å². The number of hydrogen-bond donors (Lipinski definition) is 8. The summed E-state index contributed by atoms with van der Waals surface area (Å²) in [5.74, 6) is 4.54. The number of rotatable bonds is 22. The first-order valence-corrected chi connectivity index (χ1v) is 30.9. The van der Waals surface area contributed by atoms with Crippen molar-refractivity contribution in [1.82, 2.24) is 21.3 Å².